The van der Waals surface area contributed by atoms with E-state index in [1.807, 2.05) is 0 Å². The summed E-state index contributed by atoms with van der Waals surface area (Å²) in [5.41, 5.74) is 0.529. The minimum Gasteiger partial charge on any atom is -0.452 e. The first-order valence-electron chi connectivity index (χ1n) is 12.1. The number of fused-ring (bicyclic) bond motifs is 2. The van der Waals surface area contributed by atoms with Crippen LogP contribution in [0.1, 0.15) is 68.6 Å². The molecule has 0 spiro atoms. The number of nitrogens with zero attached hydrogens (tertiary/aromatic N) is 2. The van der Waals surface area contributed by atoms with E-state index in [1.54, 1.807) is 10.6 Å². The number of esters is 1. The van der Waals surface area contributed by atoms with E-state index in [9.17, 15) is 19.2 Å². The largest absolute Gasteiger partial charge is 0.452 e. The first kappa shape index (κ1) is 23.9. The third kappa shape index (κ3) is 5.29. The molecule has 0 bridgehead atoms. The van der Waals surface area contributed by atoms with Crippen molar-refractivity contribution >= 4 is 28.8 Å². The van der Waals surface area contributed by atoms with E-state index >= 15 is 0 Å². The van der Waals surface area contributed by atoms with Gasteiger partial charge in [-0.25, -0.2) is 14.6 Å². The van der Waals surface area contributed by atoms with Gasteiger partial charge in [0.05, 0.1) is 16.5 Å². The summed E-state index contributed by atoms with van der Waals surface area (Å²) < 4.78 is 6.81. The Morgan fingerprint density at radius 2 is 1.94 bits per heavy atom. The Hall–Kier alpha value is -3.23. The molecule has 9 heteroatoms. The van der Waals surface area contributed by atoms with Crippen LogP contribution < -0.4 is 16.2 Å². The topological polar surface area (TPSA) is 119 Å². The molecular formula is C25H32N4O5. The minimum absolute atomic E-state index is 0.0170. The molecule has 3 amide bonds. The van der Waals surface area contributed by atoms with Crippen molar-refractivity contribution in [1.82, 2.24) is 20.2 Å². The molecule has 2 N–H and O–H groups in total. The van der Waals surface area contributed by atoms with Crippen LogP contribution in [-0.2, 0) is 22.5 Å². The lowest BCUT2D eigenvalue weighted by atomic mass is 9.78. The molecule has 1 fully saturated rings. The predicted octanol–water partition coefficient (Wildman–Crippen LogP) is 2.93. The Morgan fingerprint density at radius 1 is 1.12 bits per heavy atom. The molecule has 182 valence electrons. The summed E-state index contributed by atoms with van der Waals surface area (Å²) >= 11 is 0. The first-order chi connectivity index (χ1) is 16.3. The van der Waals surface area contributed by atoms with Crippen LogP contribution in [0.2, 0.25) is 0 Å². The number of aromatic nitrogens is 2. The van der Waals surface area contributed by atoms with Gasteiger partial charge in [0.1, 0.15) is 5.82 Å². The van der Waals surface area contributed by atoms with Gasteiger partial charge in [-0.3, -0.25) is 19.5 Å². The molecule has 1 aromatic carbocycles. The number of amides is 3. The molecule has 1 aliphatic carbocycles. The Kier molecular flexibility index (Phi) is 7.29. The number of hydrogen-bond acceptors (Lipinski definition) is 6. The number of rotatable bonds is 4. The van der Waals surface area contributed by atoms with Crippen molar-refractivity contribution in [2.45, 2.75) is 71.4 Å². The fraction of sp³-hybridized carbons (Fsp3) is 0.560. The second kappa shape index (κ2) is 10.4. The number of imide groups is 1. The lowest BCUT2D eigenvalue weighted by Gasteiger charge is -2.34. The quantitative estimate of drug-likeness (QED) is 0.666. The van der Waals surface area contributed by atoms with Crippen LogP contribution in [0, 0.1) is 11.8 Å². The third-order valence-corrected chi connectivity index (χ3v) is 7.16. The van der Waals surface area contributed by atoms with Gasteiger partial charge in [0.25, 0.3) is 11.5 Å². The Morgan fingerprint density at radius 3 is 2.76 bits per heavy atom. The molecular weight excluding hydrogens is 436 g/mol. The lowest BCUT2D eigenvalue weighted by molar-refractivity contribution is -0.123. The number of aryl methyl sites for hydroxylation is 1. The van der Waals surface area contributed by atoms with E-state index in [4.69, 9.17) is 4.74 Å². The van der Waals surface area contributed by atoms with Gasteiger partial charge in [-0.1, -0.05) is 33.1 Å². The summed E-state index contributed by atoms with van der Waals surface area (Å²) in [5, 5.41) is 5.52. The van der Waals surface area contributed by atoms with Crippen molar-refractivity contribution in [3.63, 3.8) is 0 Å². The standard InChI is InChI=1S/C25H32N4O5/c1-15-7-6-8-19(16(15)2)27-25(33)28-22(30)14-34-24(32)17-10-11-18-20(13-17)26-21-9-4-3-5-12-29(21)23(18)31/h10-11,13,15-16,19H,3-9,12,14H2,1-2H3,(H2,27,28,30,33)/t15-,16+,19-/m1/s1. The van der Waals surface area contributed by atoms with Crippen molar-refractivity contribution in [3.8, 4) is 0 Å². The van der Waals surface area contributed by atoms with E-state index in [1.165, 1.54) is 12.1 Å². The molecule has 2 heterocycles. The molecule has 1 aliphatic heterocycles. The molecule has 9 nitrogen and oxygen atoms in total. The van der Waals surface area contributed by atoms with Gasteiger partial charge in [0.2, 0.25) is 0 Å². The summed E-state index contributed by atoms with van der Waals surface area (Å²) in [7, 11) is 0. The number of hydrogen-bond donors (Lipinski definition) is 2. The maximum absolute atomic E-state index is 12.8. The Balaban J connectivity index is 1.35. The number of carbonyl (C=O) groups is 3. The normalized spacial score (nSPS) is 22.4. The zero-order chi connectivity index (χ0) is 24.2. The molecule has 0 radical (unpaired) electrons. The van der Waals surface area contributed by atoms with Crippen LogP contribution in [0.4, 0.5) is 4.79 Å². The Bertz CT molecular complexity index is 1160. The molecule has 1 saturated carbocycles. The molecule has 2 aromatic rings. The van der Waals surface area contributed by atoms with E-state index in [0.29, 0.717) is 29.3 Å². The average molecular weight is 469 g/mol. The van der Waals surface area contributed by atoms with Crippen molar-refractivity contribution in [2.24, 2.45) is 11.8 Å². The van der Waals surface area contributed by atoms with Gasteiger partial charge in [-0.15, -0.1) is 0 Å². The van der Waals surface area contributed by atoms with Crippen molar-refractivity contribution in [2.75, 3.05) is 6.61 Å². The highest BCUT2D eigenvalue weighted by Crippen LogP contribution is 2.29. The van der Waals surface area contributed by atoms with Crippen LogP contribution in [0.15, 0.2) is 23.0 Å². The second-order valence-electron chi connectivity index (χ2n) is 9.50. The lowest BCUT2D eigenvalue weighted by Crippen LogP contribution is -2.49. The van der Waals surface area contributed by atoms with Crippen LogP contribution in [0.25, 0.3) is 10.9 Å². The fourth-order valence-electron chi connectivity index (χ4n) is 4.91. The third-order valence-electron chi connectivity index (χ3n) is 7.16. The molecule has 2 aliphatic rings. The maximum atomic E-state index is 12.8. The average Bonchev–Trinajstić information content (AvgIpc) is 3.06. The van der Waals surface area contributed by atoms with Gasteiger partial charge < -0.3 is 10.1 Å². The molecule has 34 heavy (non-hydrogen) atoms. The summed E-state index contributed by atoms with van der Waals surface area (Å²) in [4.78, 5) is 54.2. The van der Waals surface area contributed by atoms with Gasteiger partial charge >= 0.3 is 12.0 Å². The molecule has 0 saturated heterocycles. The van der Waals surface area contributed by atoms with Crippen molar-refractivity contribution in [1.29, 1.82) is 0 Å². The zero-order valence-corrected chi connectivity index (χ0v) is 19.8. The maximum Gasteiger partial charge on any atom is 0.338 e. The van der Waals surface area contributed by atoms with Crippen LogP contribution >= 0.6 is 0 Å². The van der Waals surface area contributed by atoms with E-state index in [2.05, 4.69) is 29.5 Å². The highest BCUT2D eigenvalue weighted by molar-refractivity contribution is 5.98. The summed E-state index contributed by atoms with van der Waals surface area (Å²) in [6.07, 6.45) is 6.75. The Labute approximate surface area is 198 Å². The second-order valence-corrected chi connectivity index (χ2v) is 9.50. The van der Waals surface area contributed by atoms with E-state index in [0.717, 1.165) is 50.8 Å². The molecule has 3 atom stereocenters. The summed E-state index contributed by atoms with van der Waals surface area (Å²) in [5.74, 6) is 0.150. The van der Waals surface area contributed by atoms with E-state index < -0.39 is 24.5 Å². The highest BCUT2D eigenvalue weighted by Gasteiger charge is 2.28. The van der Waals surface area contributed by atoms with Gasteiger partial charge in [-0.2, -0.15) is 0 Å². The number of nitrogens with one attached hydrogen (secondary N) is 2. The van der Waals surface area contributed by atoms with Gasteiger partial charge in [0.15, 0.2) is 6.61 Å². The van der Waals surface area contributed by atoms with Crippen LogP contribution in [-0.4, -0.2) is 40.1 Å². The molecule has 1 aromatic heterocycles. The minimum atomic E-state index is -0.718. The molecule has 0 unspecified atom stereocenters. The van der Waals surface area contributed by atoms with Crippen LogP contribution in [0.5, 0.6) is 0 Å². The van der Waals surface area contributed by atoms with Crippen LogP contribution in [0.3, 0.4) is 0 Å². The number of ether oxygens (including phenoxy) is 1. The summed E-state index contributed by atoms with van der Waals surface area (Å²) in [6, 6.07) is 4.01. The first-order valence-corrected chi connectivity index (χ1v) is 12.1. The SMILES string of the molecule is C[C@H]1[C@H](C)CCC[C@H]1NC(=O)NC(=O)COC(=O)c1ccc2c(=O)n3c(nc2c1)CCCCC3. The van der Waals surface area contributed by atoms with Crippen molar-refractivity contribution in [3.05, 3.63) is 39.9 Å². The smallest absolute Gasteiger partial charge is 0.338 e. The summed E-state index contributed by atoms with van der Waals surface area (Å²) in [6.45, 7) is 4.34. The number of urea groups is 1. The van der Waals surface area contributed by atoms with Gasteiger partial charge in [-0.05, 0) is 49.3 Å². The number of benzene rings is 1. The highest BCUT2D eigenvalue weighted by atomic mass is 16.5. The predicted molar refractivity (Wildman–Crippen MR) is 126 cm³/mol. The van der Waals surface area contributed by atoms with Gasteiger partial charge in [0, 0.05) is 19.0 Å². The number of carbonyl (C=O) groups excluding carboxylic acids is 3. The van der Waals surface area contributed by atoms with E-state index in [-0.39, 0.29) is 17.2 Å². The zero-order valence-electron chi connectivity index (χ0n) is 19.8. The van der Waals surface area contributed by atoms with Crippen molar-refractivity contribution < 1.29 is 19.1 Å². The monoisotopic (exact) mass is 468 g/mol. The fourth-order valence-corrected chi connectivity index (χ4v) is 4.91. The molecule has 4 rings (SSSR count).